The highest BCUT2D eigenvalue weighted by molar-refractivity contribution is 5.97. The Bertz CT molecular complexity index is 444. The van der Waals surface area contributed by atoms with Gasteiger partial charge in [0.25, 0.3) is 0 Å². The lowest BCUT2D eigenvalue weighted by Crippen LogP contribution is -2.30. The first-order chi connectivity index (χ1) is 8.63. The average Bonchev–Trinajstić information content (AvgIpc) is 2.33. The van der Waals surface area contributed by atoms with Crippen LogP contribution in [-0.2, 0) is 4.74 Å². The molecule has 2 N–H and O–H groups in total. The molecule has 1 fully saturated rings. The number of esters is 1. The van der Waals surface area contributed by atoms with Crippen molar-refractivity contribution in [1.29, 1.82) is 0 Å². The number of methoxy groups -OCH3 is 1. The van der Waals surface area contributed by atoms with Crippen LogP contribution in [0.1, 0.15) is 29.6 Å². The van der Waals surface area contributed by atoms with Gasteiger partial charge in [-0.2, -0.15) is 0 Å². The molecule has 0 radical (unpaired) electrons. The zero-order chi connectivity index (χ0) is 13.1. The molecule has 98 valence electrons. The normalized spacial score (nSPS) is 15.0. The van der Waals surface area contributed by atoms with Crippen LogP contribution in [0.15, 0.2) is 12.3 Å². The fraction of sp³-hybridized carbons (Fsp3) is 0.538. The van der Waals surface area contributed by atoms with E-state index in [1.807, 2.05) is 11.9 Å². The van der Waals surface area contributed by atoms with Gasteiger partial charge in [0, 0.05) is 19.8 Å². The Hall–Kier alpha value is -1.78. The van der Waals surface area contributed by atoms with Gasteiger partial charge in [0.15, 0.2) is 5.82 Å². The van der Waals surface area contributed by atoms with E-state index in [1.54, 1.807) is 12.3 Å². The number of hydrogen-bond donors (Lipinski definition) is 1. The van der Waals surface area contributed by atoms with Gasteiger partial charge in [0.05, 0.1) is 18.4 Å². The van der Waals surface area contributed by atoms with E-state index in [-0.39, 0.29) is 0 Å². The van der Waals surface area contributed by atoms with Crippen molar-refractivity contribution in [2.45, 2.75) is 19.3 Å². The van der Waals surface area contributed by atoms with Crippen LogP contribution in [0.4, 0.5) is 11.5 Å². The first kappa shape index (κ1) is 12.7. The number of nitrogens with two attached hydrogens (primary N) is 1. The highest BCUT2D eigenvalue weighted by atomic mass is 16.5. The zero-order valence-electron chi connectivity index (χ0n) is 10.8. The SMILES string of the molecule is COC(=O)c1ccnc(N(C)CC2CCC2)c1N. The molecule has 0 bridgehead atoms. The quantitative estimate of drug-likeness (QED) is 0.822. The third-order valence-electron chi connectivity index (χ3n) is 3.49. The van der Waals surface area contributed by atoms with Crippen LogP contribution < -0.4 is 10.6 Å². The van der Waals surface area contributed by atoms with E-state index in [0.29, 0.717) is 17.1 Å². The third kappa shape index (κ3) is 2.39. The summed E-state index contributed by atoms with van der Waals surface area (Å²) in [6.07, 6.45) is 5.43. The van der Waals surface area contributed by atoms with Gasteiger partial charge in [-0.25, -0.2) is 9.78 Å². The second kappa shape index (κ2) is 5.25. The summed E-state index contributed by atoms with van der Waals surface area (Å²) in [6, 6.07) is 1.59. The molecule has 0 spiro atoms. The lowest BCUT2D eigenvalue weighted by Gasteiger charge is -2.31. The number of ether oxygens (including phenoxy) is 1. The number of anilines is 2. The molecule has 0 atom stereocenters. The van der Waals surface area contributed by atoms with Gasteiger partial charge in [-0.15, -0.1) is 0 Å². The van der Waals surface area contributed by atoms with Gasteiger partial charge in [0.1, 0.15) is 0 Å². The van der Waals surface area contributed by atoms with E-state index in [2.05, 4.69) is 4.98 Å². The van der Waals surface area contributed by atoms with E-state index in [1.165, 1.54) is 26.4 Å². The van der Waals surface area contributed by atoms with Gasteiger partial charge >= 0.3 is 5.97 Å². The Balaban J connectivity index is 2.18. The maximum atomic E-state index is 11.6. The summed E-state index contributed by atoms with van der Waals surface area (Å²) in [5, 5.41) is 0. The van der Waals surface area contributed by atoms with E-state index >= 15 is 0 Å². The molecule has 1 aromatic heterocycles. The zero-order valence-corrected chi connectivity index (χ0v) is 10.8. The summed E-state index contributed by atoms with van der Waals surface area (Å²) < 4.78 is 4.70. The Morgan fingerprint density at radius 1 is 1.61 bits per heavy atom. The predicted octanol–water partition coefficient (Wildman–Crippen LogP) is 1.69. The molecule has 0 amide bonds. The smallest absolute Gasteiger partial charge is 0.340 e. The van der Waals surface area contributed by atoms with Crippen LogP contribution in [0.25, 0.3) is 0 Å². The van der Waals surface area contributed by atoms with Crippen molar-refractivity contribution in [3.05, 3.63) is 17.8 Å². The number of carbonyl (C=O) groups is 1. The lowest BCUT2D eigenvalue weighted by molar-refractivity contribution is 0.0602. The molecular formula is C13H19N3O2. The van der Waals surface area contributed by atoms with Crippen molar-refractivity contribution >= 4 is 17.5 Å². The molecule has 0 aliphatic heterocycles. The van der Waals surface area contributed by atoms with E-state index < -0.39 is 5.97 Å². The number of nitrogen functional groups attached to an aromatic ring is 1. The molecule has 1 heterocycles. The maximum Gasteiger partial charge on any atom is 0.340 e. The minimum absolute atomic E-state index is 0.378. The molecule has 0 unspecified atom stereocenters. The summed E-state index contributed by atoms with van der Waals surface area (Å²) in [6.45, 7) is 0.932. The van der Waals surface area contributed by atoms with E-state index in [9.17, 15) is 4.79 Å². The van der Waals surface area contributed by atoms with Crippen molar-refractivity contribution in [1.82, 2.24) is 4.98 Å². The number of carbonyl (C=O) groups excluding carboxylic acids is 1. The number of hydrogen-bond acceptors (Lipinski definition) is 5. The molecule has 18 heavy (non-hydrogen) atoms. The Morgan fingerprint density at radius 2 is 2.33 bits per heavy atom. The Morgan fingerprint density at radius 3 is 2.89 bits per heavy atom. The Kier molecular flexibility index (Phi) is 3.69. The van der Waals surface area contributed by atoms with Gasteiger partial charge in [-0.3, -0.25) is 0 Å². The lowest BCUT2D eigenvalue weighted by atomic mass is 9.85. The standard InChI is InChI=1S/C13H19N3O2/c1-16(8-9-4-3-5-9)12-11(14)10(6-7-15-12)13(17)18-2/h6-7,9H,3-5,8,14H2,1-2H3. The minimum Gasteiger partial charge on any atom is -0.465 e. The van der Waals surface area contributed by atoms with Gasteiger partial charge < -0.3 is 15.4 Å². The molecule has 1 aliphatic carbocycles. The molecule has 1 aliphatic rings. The molecule has 2 rings (SSSR count). The van der Waals surface area contributed by atoms with Crippen LogP contribution in [0.3, 0.4) is 0 Å². The largest absolute Gasteiger partial charge is 0.465 e. The highest BCUT2D eigenvalue weighted by Gasteiger charge is 2.22. The molecular weight excluding hydrogens is 230 g/mol. The summed E-state index contributed by atoms with van der Waals surface area (Å²) >= 11 is 0. The van der Waals surface area contributed by atoms with Crippen LogP contribution in [0.5, 0.6) is 0 Å². The number of nitrogens with zero attached hydrogens (tertiary/aromatic N) is 2. The summed E-state index contributed by atoms with van der Waals surface area (Å²) in [4.78, 5) is 17.8. The number of rotatable bonds is 4. The molecule has 5 heteroatoms. The fourth-order valence-corrected chi connectivity index (χ4v) is 2.20. The first-order valence-corrected chi connectivity index (χ1v) is 6.17. The molecule has 0 saturated heterocycles. The van der Waals surface area contributed by atoms with Gasteiger partial charge in [0.2, 0.25) is 0 Å². The third-order valence-corrected chi connectivity index (χ3v) is 3.49. The summed E-state index contributed by atoms with van der Waals surface area (Å²) in [5.74, 6) is 0.955. The monoisotopic (exact) mass is 249 g/mol. The van der Waals surface area contributed by atoms with Gasteiger partial charge in [-0.05, 0) is 24.8 Å². The molecule has 1 aromatic rings. The maximum absolute atomic E-state index is 11.6. The summed E-state index contributed by atoms with van der Waals surface area (Å²) in [7, 11) is 3.30. The molecule has 1 saturated carbocycles. The van der Waals surface area contributed by atoms with Crippen molar-refractivity contribution in [3.8, 4) is 0 Å². The van der Waals surface area contributed by atoms with Crippen molar-refractivity contribution in [2.75, 3.05) is 31.3 Å². The fourth-order valence-electron chi connectivity index (χ4n) is 2.20. The molecule has 5 nitrogen and oxygen atoms in total. The summed E-state index contributed by atoms with van der Waals surface area (Å²) in [5.41, 5.74) is 6.76. The highest BCUT2D eigenvalue weighted by Crippen LogP contribution is 2.30. The predicted molar refractivity (Wildman–Crippen MR) is 70.6 cm³/mol. The number of pyridine rings is 1. The Labute approximate surface area is 107 Å². The second-order valence-electron chi connectivity index (χ2n) is 4.76. The van der Waals surface area contributed by atoms with Crippen LogP contribution in [-0.4, -0.2) is 31.7 Å². The van der Waals surface area contributed by atoms with Crippen LogP contribution in [0, 0.1) is 5.92 Å². The number of aromatic nitrogens is 1. The van der Waals surface area contributed by atoms with E-state index in [0.717, 1.165) is 12.5 Å². The van der Waals surface area contributed by atoms with Crippen molar-refractivity contribution < 1.29 is 9.53 Å². The van der Waals surface area contributed by atoms with Crippen LogP contribution >= 0.6 is 0 Å². The average molecular weight is 249 g/mol. The van der Waals surface area contributed by atoms with Gasteiger partial charge in [-0.1, -0.05) is 6.42 Å². The minimum atomic E-state index is -0.423. The second-order valence-corrected chi connectivity index (χ2v) is 4.76. The van der Waals surface area contributed by atoms with E-state index in [4.69, 9.17) is 10.5 Å². The van der Waals surface area contributed by atoms with Crippen LogP contribution in [0.2, 0.25) is 0 Å². The van der Waals surface area contributed by atoms with Crippen molar-refractivity contribution in [2.24, 2.45) is 5.92 Å². The molecule has 0 aromatic carbocycles. The first-order valence-electron chi connectivity index (χ1n) is 6.17. The van der Waals surface area contributed by atoms with Crippen molar-refractivity contribution in [3.63, 3.8) is 0 Å². The topological polar surface area (TPSA) is 68.5 Å².